The Kier molecular flexibility index (Phi) is 3.47. The molecule has 0 N–H and O–H groups in total. The number of hydrogen-bond acceptors (Lipinski definition) is 2. The molecule has 1 atom stereocenters. The Morgan fingerprint density at radius 3 is 2.95 bits per heavy atom. The van der Waals surface area contributed by atoms with Crippen LogP contribution in [0.25, 0.3) is 0 Å². The maximum Gasteiger partial charge on any atom is 0.123 e. The van der Waals surface area contributed by atoms with Crippen LogP contribution < -0.4 is 9.47 Å². The van der Waals surface area contributed by atoms with E-state index in [9.17, 15) is 0 Å². The fraction of sp³-hybridized carbons (Fsp3) is 0.250. The lowest BCUT2D eigenvalue weighted by Crippen LogP contribution is -2.11. The Labute approximate surface area is 121 Å². The van der Waals surface area contributed by atoms with E-state index < -0.39 is 0 Å². The molecule has 0 fully saturated rings. The van der Waals surface area contributed by atoms with E-state index in [0.29, 0.717) is 19.1 Å². The van der Waals surface area contributed by atoms with E-state index in [2.05, 4.69) is 28.9 Å². The molecule has 3 heteroatoms. The minimum Gasteiger partial charge on any atom is -0.493 e. The number of rotatable bonds is 3. The van der Waals surface area contributed by atoms with Crippen molar-refractivity contribution in [1.82, 2.24) is 0 Å². The second-order valence-corrected chi connectivity index (χ2v) is 5.62. The first-order valence-electron chi connectivity index (χ1n) is 6.35. The van der Waals surface area contributed by atoms with E-state index in [1.165, 1.54) is 11.1 Å². The van der Waals surface area contributed by atoms with E-state index in [4.69, 9.17) is 9.47 Å². The third-order valence-corrected chi connectivity index (χ3v) is 4.27. The maximum atomic E-state index is 5.88. The van der Waals surface area contributed by atoms with Crippen molar-refractivity contribution >= 4 is 15.9 Å². The predicted octanol–water partition coefficient (Wildman–Crippen LogP) is 4.31. The lowest BCUT2D eigenvalue weighted by Gasteiger charge is -2.12. The van der Waals surface area contributed by atoms with Crippen molar-refractivity contribution < 1.29 is 9.47 Å². The van der Waals surface area contributed by atoms with Crippen molar-refractivity contribution in [1.29, 1.82) is 0 Å². The molecule has 1 aliphatic rings. The molecule has 1 aliphatic heterocycles. The molecule has 98 valence electrons. The molecule has 0 amide bonds. The van der Waals surface area contributed by atoms with Crippen molar-refractivity contribution in [2.75, 3.05) is 13.2 Å². The van der Waals surface area contributed by atoms with Gasteiger partial charge in [0, 0.05) is 10.0 Å². The van der Waals surface area contributed by atoms with Gasteiger partial charge in [0.05, 0.1) is 19.1 Å². The highest BCUT2D eigenvalue weighted by atomic mass is 79.9. The van der Waals surface area contributed by atoms with Gasteiger partial charge in [0.25, 0.3) is 0 Å². The summed E-state index contributed by atoms with van der Waals surface area (Å²) in [4.78, 5) is 0. The van der Waals surface area contributed by atoms with Crippen LogP contribution in [0.15, 0.2) is 46.9 Å². The van der Waals surface area contributed by atoms with Crippen LogP contribution in [-0.4, -0.2) is 13.2 Å². The van der Waals surface area contributed by atoms with Crippen molar-refractivity contribution in [3.8, 4) is 11.5 Å². The van der Waals surface area contributed by atoms with Crippen LogP contribution in [0.5, 0.6) is 11.5 Å². The average molecular weight is 319 g/mol. The van der Waals surface area contributed by atoms with Crippen LogP contribution >= 0.6 is 15.9 Å². The summed E-state index contributed by atoms with van der Waals surface area (Å²) in [6, 6.07) is 14.2. The predicted molar refractivity (Wildman–Crippen MR) is 79.1 cm³/mol. The maximum absolute atomic E-state index is 5.88. The fourth-order valence-electron chi connectivity index (χ4n) is 2.27. The standard InChI is InChI=1S/C16H15BrO2/c1-11-8-13(6-7-15(11)17)18-9-12-10-19-16-5-3-2-4-14(12)16/h2-8,12H,9-10H2,1H3. The lowest BCUT2D eigenvalue weighted by molar-refractivity contribution is 0.248. The van der Waals surface area contributed by atoms with Gasteiger partial charge >= 0.3 is 0 Å². The molecule has 0 radical (unpaired) electrons. The molecule has 0 aliphatic carbocycles. The van der Waals surface area contributed by atoms with Gasteiger partial charge in [-0.25, -0.2) is 0 Å². The van der Waals surface area contributed by atoms with Gasteiger partial charge in [0.2, 0.25) is 0 Å². The van der Waals surface area contributed by atoms with E-state index in [1.807, 2.05) is 36.4 Å². The van der Waals surface area contributed by atoms with Gasteiger partial charge in [-0.05, 0) is 36.8 Å². The molecule has 0 aromatic heterocycles. The van der Waals surface area contributed by atoms with Crippen LogP contribution in [0, 0.1) is 6.92 Å². The normalized spacial score (nSPS) is 16.8. The second kappa shape index (κ2) is 5.25. The van der Waals surface area contributed by atoms with Crippen LogP contribution in [0.2, 0.25) is 0 Å². The molecule has 3 rings (SSSR count). The smallest absolute Gasteiger partial charge is 0.123 e. The Bertz CT molecular complexity index is 595. The highest BCUT2D eigenvalue weighted by Crippen LogP contribution is 2.34. The van der Waals surface area contributed by atoms with E-state index >= 15 is 0 Å². The first-order valence-corrected chi connectivity index (χ1v) is 7.14. The van der Waals surface area contributed by atoms with E-state index in [-0.39, 0.29) is 0 Å². The topological polar surface area (TPSA) is 18.5 Å². The summed E-state index contributed by atoms with van der Waals surface area (Å²) in [7, 11) is 0. The zero-order chi connectivity index (χ0) is 13.2. The molecule has 0 bridgehead atoms. The Morgan fingerprint density at radius 1 is 1.26 bits per heavy atom. The van der Waals surface area contributed by atoms with Crippen molar-refractivity contribution in [2.24, 2.45) is 0 Å². The number of para-hydroxylation sites is 1. The summed E-state index contributed by atoms with van der Waals surface area (Å²) < 4.78 is 12.6. The molecule has 19 heavy (non-hydrogen) atoms. The molecule has 0 saturated carbocycles. The number of benzene rings is 2. The van der Waals surface area contributed by atoms with Gasteiger partial charge in [0.1, 0.15) is 11.5 Å². The van der Waals surface area contributed by atoms with E-state index in [0.717, 1.165) is 16.0 Å². The summed E-state index contributed by atoms with van der Waals surface area (Å²) >= 11 is 3.49. The number of fused-ring (bicyclic) bond motifs is 1. The molecule has 1 unspecified atom stereocenters. The minimum absolute atomic E-state index is 0.320. The summed E-state index contributed by atoms with van der Waals surface area (Å²) in [5.74, 6) is 2.22. The quantitative estimate of drug-likeness (QED) is 0.839. The number of hydrogen-bond donors (Lipinski definition) is 0. The highest BCUT2D eigenvalue weighted by Gasteiger charge is 2.24. The molecule has 2 aromatic carbocycles. The van der Waals surface area contributed by atoms with E-state index in [1.54, 1.807) is 0 Å². The molecule has 1 heterocycles. The summed E-state index contributed by atoms with van der Waals surface area (Å²) in [6.45, 7) is 3.41. The zero-order valence-electron chi connectivity index (χ0n) is 10.7. The van der Waals surface area contributed by atoms with Crippen LogP contribution in [0.1, 0.15) is 17.0 Å². The number of halogens is 1. The van der Waals surface area contributed by atoms with Gasteiger partial charge in [0.15, 0.2) is 0 Å². The van der Waals surface area contributed by atoms with Gasteiger partial charge in [-0.1, -0.05) is 34.1 Å². The highest BCUT2D eigenvalue weighted by molar-refractivity contribution is 9.10. The first-order chi connectivity index (χ1) is 9.24. The fourth-order valence-corrected chi connectivity index (χ4v) is 2.52. The Balaban J connectivity index is 1.69. The van der Waals surface area contributed by atoms with Crippen LogP contribution in [0.4, 0.5) is 0 Å². The molecule has 0 saturated heterocycles. The Morgan fingerprint density at radius 2 is 2.11 bits per heavy atom. The minimum atomic E-state index is 0.320. The number of aryl methyl sites for hydroxylation is 1. The monoisotopic (exact) mass is 318 g/mol. The van der Waals surface area contributed by atoms with Crippen molar-refractivity contribution in [3.63, 3.8) is 0 Å². The van der Waals surface area contributed by atoms with Gasteiger partial charge in [-0.15, -0.1) is 0 Å². The summed E-state index contributed by atoms with van der Waals surface area (Å²) in [5, 5.41) is 0. The summed E-state index contributed by atoms with van der Waals surface area (Å²) in [6.07, 6.45) is 0. The largest absolute Gasteiger partial charge is 0.493 e. The van der Waals surface area contributed by atoms with Gasteiger partial charge in [-0.3, -0.25) is 0 Å². The van der Waals surface area contributed by atoms with Crippen LogP contribution in [0.3, 0.4) is 0 Å². The third-order valence-electron chi connectivity index (χ3n) is 3.38. The Hall–Kier alpha value is -1.48. The molecular formula is C16H15BrO2. The second-order valence-electron chi connectivity index (χ2n) is 4.77. The van der Waals surface area contributed by atoms with Gasteiger partial charge in [-0.2, -0.15) is 0 Å². The zero-order valence-corrected chi connectivity index (χ0v) is 12.3. The lowest BCUT2D eigenvalue weighted by atomic mass is 10.0. The SMILES string of the molecule is Cc1cc(OCC2COc3ccccc32)ccc1Br. The number of ether oxygens (including phenoxy) is 2. The summed E-state index contributed by atoms with van der Waals surface area (Å²) in [5.41, 5.74) is 2.43. The average Bonchev–Trinajstić information content (AvgIpc) is 2.83. The molecule has 0 spiro atoms. The van der Waals surface area contributed by atoms with Gasteiger partial charge < -0.3 is 9.47 Å². The molecular weight excluding hydrogens is 304 g/mol. The first kappa shape index (κ1) is 12.5. The van der Waals surface area contributed by atoms with Crippen molar-refractivity contribution in [2.45, 2.75) is 12.8 Å². The molecule has 2 nitrogen and oxygen atoms in total. The molecule has 2 aromatic rings. The van der Waals surface area contributed by atoms with Crippen molar-refractivity contribution in [3.05, 3.63) is 58.1 Å². The van der Waals surface area contributed by atoms with Crippen LogP contribution in [-0.2, 0) is 0 Å². The third kappa shape index (κ3) is 2.61.